The first-order chi connectivity index (χ1) is 28.5. The van der Waals surface area contributed by atoms with E-state index in [0.29, 0.717) is 17.4 Å². The summed E-state index contributed by atoms with van der Waals surface area (Å²) < 4.78 is 23.6. The molecule has 0 rings (SSSR count). The average molecular weight is 856 g/mol. The lowest BCUT2D eigenvalue weighted by Gasteiger charge is -2.25. The zero-order valence-corrected chi connectivity index (χ0v) is 40.7. The van der Waals surface area contributed by atoms with E-state index in [2.05, 4.69) is 31.3 Å². The molecule has 59 heavy (non-hydrogen) atoms. The molecule has 0 saturated heterocycles. The molecule has 0 aliphatic rings. The van der Waals surface area contributed by atoms with Crippen molar-refractivity contribution in [1.29, 1.82) is 0 Å². The van der Waals surface area contributed by atoms with Gasteiger partial charge in [0.1, 0.15) is 13.2 Å². The molecule has 0 bridgehead atoms. The van der Waals surface area contributed by atoms with Crippen LogP contribution >= 0.6 is 7.82 Å². The molecule has 0 saturated carbocycles. The average Bonchev–Trinajstić information content (AvgIpc) is 3.19. The van der Waals surface area contributed by atoms with Crippen LogP contribution in [0.25, 0.3) is 0 Å². The summed E-state index contributed by atoms with van der Waals surface area (Å²) in [6.07, 6.45) is 51.2. The number of nitrogens with zero attached hydrogens (tertiary/aromatic N) is 1. The number of allylic oxidation sites excluding steroid dienone is 3. The maximum absolute atomic E-state index is 12.9. The Morgan fingerprint density at radius 3 is 1.36 bits per heavy atom. The highest BCUT2D eigenvalue weighted by molar-refractivity contribution is 7.47. The summed E-state index contributed by atoms with van der Waals surface area (Å²) in [6, 6.07) is -0.858. The highest BCUT2D eigenvalue weighted by atomic mass is 31.2. The lowest BCUT2D eigenvalue weighted by molar-refractivity contribution is -0.870. The smallest absolute Gasteiger partial charge is 0.387 e. The first kappa shape index (κ1) is 58.0. The standard InChI is InChI=1S/C50H99N2O6P/c1-6-8-10-12-14-16-18-20-21-22-23-24-25-26-27-28-29-30-32-34-36-38-40-42-44-50(54)51-48(47-58-59(55,56)57-46-45-52(3,4)5)49(53)43-41-39-37-35-33-31-19-17-15-13-11-9-7-2/h33,35,41,43,48-49,53H,6-32,34,36-40,42,44-47H2,1-5H3,(H-,51,54,55,56)/p+1/b35-33+,43-41+. The van der Waals surface area contributed by atoms with Gasteiger partial charge in [-0.15, -0.1) is 0 Å². The van der Waals surface area contributed by atoms with Crippen molar-refractivity contribution in [2.45, 2.75) is 251 Å². The summed E-state index contributed by atoms with van der Waals surface area (Å²) in [5.74, 6) is -0.183. The van der Waals surface area contributed by atoms with Crippen LogP contribution in [0.1, 0.15) is 239 Å². The minimum Gasteiger partial charge on any atom is -0.387 e. The Balaban J connectivity index is 4.21. The van der Waals surface area contributed by atoms with E-state index in [0.717, 1.165) is 38.5 Å². The Kier molecular flexibility index (Phi) is 41.6. The third-order valence-electron chi connectivity index (χ3n) is 11.4. The molecule has 0 aliphatic heterocycles. The van der Waals surface area contributed by atoms with Gasteiger partial charge in [-0.1, -0.05) is 224 Å². The fourth-order valence-electron chi connectivity index (χ4n) is 7.41. The van der Waals surface area contributed by atoms with Crippen LogP contribution in [-0.4, -0.2) is 73.4 Å². The third kappa shape index (κ3) is 44.8. The molecule has 1 amide bonds. The largest absolute Gasteiger partial charge is 0.472 e. The number of aliphatic hydroxyl groups is 1. The number of hydrogen-bond acceptors (Lipinski definition) is 5. The van der Waals surface area contributed by atoms with Gasteiger partial charge in [0, 0.05) is 6.42 Å². The summed E-state index contributed by atoms with van der Waals surface area (Å²) in [5.41, 5.74) is 0. The van der Waals surface area contributed by atoms with Crippen LogP contribution in [0.4, 0.5) is 0 Å². The summed E-state index contributed by atoms with van der Waals surface area (Å²) in [6.45, 7) is 4.80. The van der Waals surface area contributed by atoms with E-state index in [-0.39, 0.29) is 19.1 Å². The number of aliphatic hydroxyl groups excluding tert-OH is 1. The number of carbonyl (C=O) groups excluding carboxylic acids is 1. The van der Waals surface area contributed by atoms with Crippen LogP contribution in [0.3, 0.4) is 0 Å². The van der Waals surface area contributed by atoms with Crippen LogP contribution in [-0.2, 0) is 18.4 Å². The molecule has 3 unspecified atom stereocenters. The lowest BCUT2D eigenvalue weighted by Crippen LogP contribution is -2.45. The van der Waals surface area contributed by atoms with Crippen molar-refractivity contribution in [3.63, 3.8) is 0 Å². The molecule has 0 aromatic rings. The molecular weight excluding hydrogens is 756 g/mol. The Labute approximate surface area is 366 Å². The van der Waals surface area contributed by atoms with Gasteiger partial charge in [-0.25, -0.2) is 4.57 Å². The maximum atomic E-state index is 12.9. The van der Waals surface area contributed by atoms with Gasteiger partial charge in [-0.2, -0.15) is 0 Å². The monoisotopic (exact) mass is 856 g/mol. The van der Waals surface area contributed by atoms with Crippen LogP contribution in [0.15, 0.2) is 24.3 Å². The third-order valence-corrected chi connectivity index (χ3v) is 12.4. The molecule has 3 N–H and O–H groups in total. The van der Waals surface area contributed by atoms with Gasteiger partial charge < -0.3 is 19.8 Å². The Morgan fingerprint density at radius 1 is 0.559 bits per heavy atom. The Hall–Kier alpha value is -1.02. The van der Waals surface area contributed by atoms with Crippen LogP contribution in [0.5, 0.6) is 0 Å². The van der Waals surface area contributed by atoms with Crippen molar-refractivity contribution in [2.75, 3.05) is 40.9 Å². The predicted molar refractivity (Wildman–Crippen MR) is 254 cm³/mol. The number of phosphoric acid groups is 1. The highest BCUT2D eigenvalue weighted by Crippen LogP contribution is 2.43. The predicted octanol–water partition coefficient (Wildman–Crippen LogP) is 14.5. The van der Waals surface area contributed by atoms with Crippen molar-refractivity contribution in [3.8, 4) is 0 Å². The van der Waals surface area contributed by atoms with Gasteiger partial charge in [0.25, 0.3) is 0 Å². The molecule has 0 aliphatic carbocycles. The van der Waals surface area contributed by atoms with Crippen LogP contribution < -0.4 is 5.32 Å². The quantitative estimate of drug-likeness (QED) is 0.0244. The summed E-state index contributed by atoms with van der Waals surface area (Å²) in [7, 11) is 1.56. The van der Waals surface area contributed by atoms with Crippen molar-refractivity contribution in [1.82, 2.24) is 5.32 Å². The normalized spacial score (nSPS) is 14.4. The molecular formula is C50H100N2O6P+. The topological polar surface area (TPSA) is 105 Å². The molecule has 9 heteroatoms. The number of amides is 1. The number of carbonyl (C=O) groups is 1. The van der Waals surface area contributed by atoms with E-state index in [4.69, 9.17) is 9.05 Å². The van der Waals surface area contributed by atoms with Gasteiger partial charge in [-0.05, 0) is 32.1 Å². The second-order valence-corrected chi connectivity index (χ2v) is 20.0. The lowest BCUT2D eigenvalue weighted by atomic mass is 10.0. The minimum atomic E-state index is -4.34. The first-order valence-corrected chi connectivity index (χ1v) is 26.7. The number of rotatable bonds is 46. The van der Waals surface area contributed by atoms with Crippen LogP contribution in [0.2, 0.25) is 0 Å². The molecule has 350 valence electrons. The molecule has 0 radical (unpaired) electrons. The van der Waals surface area contributed by atoms with Gasteiger partial charge in [0.2, 0.25) is 5.91 Å². The molecule has 0 spiro atoms. The van der Waals surface area contributed by atoms with Crippen LogP contribution in [0, 0.1) is 0 Å². The summed E-state index contributed by atoms with van der Waals surface area (Å²) >= 11 is 0. The fourth-order valence-corrected chi connectivity index (χ4v) is 8.15. The highest BCUT2D eigenvalue weighted by Gasteiger charge is 2.27. The molecule has 0 heterocycles. The zero-order chi connectivity index (χ0) is 43.6. The van der Waals surface area contributed by atoms with E-state index < -0.39 is 20.0 Å². The van der Waals surface area contributed by atoms with Crippen molar-refractivity contribution in [3.05, 3.63) is 24.3 Å². The zero-order valence-electron chi connectivity index (χ0n) is 39.8. The molecule has 8 nitrogen and oxygen atoms in total. The first-order valence-electron chi connectivity index (χ1n) is 25.2. The number of likely N-dealkylation sites (N-methyl/N-ethyl adjacent to an activating group) is 1. The molecule has 0 fully saturated rings. The van der Waals surface area contributed by atoms with Gasteiger partial charge in [0.05, 0.1) is 39.9 Å². The fraction of sp³-hybridized carbons (Fsp3) is 0.900. The number of nitrogens with one attached hydrogen (secondary N) is 1. The van der Waals surface area contributed by atoms with Crippen molar-refractivity contribution in [2.24, 2.45) is 0 Å². The van der Waals surface area contributed by atoms with E-state index in [1.165, 1.54) is 180 Å². The summed E-state index contributed by atoms with van der Waals surface area (Å²) in [4.78, 5) is 23.2. The van der Waals surface area contributed by atoms with E-state index in [1.54, 1.807) is 6.08 Å². The second kappa shape index (κ2) is 42.3. The molecule has 0 aromatic carbocycles. The number of quaternary nitrogens is 1. The van der Waals surface area contributed by atoms with Crippen molar-refractivity contribution >= 4 is 13.7 Å². The van der Waals surface area contributed by atoms with E-state index in [1.807, 2.05) is 27.2 Å². The number of hydrogen-bond donors (Lipinski definition) is 3. The SMILES string of the molecule is CCCCCCCCC/C=C/CC/C=C/C(O)C(COP(=O)(O)OCC[N+](C)(C)C)NC(=O)CCCCCCCCCCCCCCCCCCCCCCCCCC. The number of unbranched alkanes of at least 4 members (excludes halogenated alkanes) is 31. The molecule has 3 atom stereocenters. The number of phosphoric ester groups is 1. The summed E-state index contributed by atoms with van der Waals surface area (Å²) in [5, 5.41) is 13.8. The van der Waals surface area contributed by atoms with E-state index >= 15 is 0 Å². The maximum Gasteiger partial charge on any atom is 0.472 e. The van der Waals surface area contributed by atoms with Gasteiger partial charge in [-0.3, -0.25) is 13.8 Å². The minimum absolute atomic E-state index is 0.0583. The second-order valence-electron chi connectivity index (χ2n) is 18.5. The van der Waals surface area contributed by atoms with Crippen molar-refractivity contribution < 1.29 is 32.9 Å². The van der Waals surface area contributed by atoms with E-state index in [9.17, 15) is 19.4 Å². The Morgan fingerprint density at radius 2 is 0.932 bits per heavy atom. The van der Waals surface area contributed by atoms with Gasteiger partial charge in [0.15, 0.2) is 0 Å². The Bertz CT molecular complexity index is 1020. The van der Waals surface area contributed by atoms with Gasteiger partial charge >= 0.3 is 7.82 Å². The molecule has 0 aromatic heterocycles.